The van der Waals surface area contributed by atoms with Gasteiger partial charge < -0.3 is 15.4 Å². The van der Waals surface area contributed by atoms with E-state index in [1.165, 1.54) is 0 Å². The summed E-state index contributed by atoms with van der Waals surface area (Å²) in [5.41, 5.74) is 2.05. The lowest BCUT2D eigenvalue weighted by atomic mass is 9.75. The lowest BCUT2D eigenvalue weighted by Crippen LogP contribution is -2.51. The van der Waals surface area contributed by atoms with Crippen LogP contribution < -0.4 is 10.2 Å². The highest BCUT2D eigenvalue weighted by Gasteiger charge is 2.29. The average Bonchev–Trinajstić information content (AvgIpc) is 2.67. The molecule has 0 aromatic heterocycles. The van der Waals surface area contributed by atoms with E-state index >= 15 is 0 Å². The Hall–Kier alpha value is -3.04. The molecule has 1 atom stereocenters. The Labute approximate surface area is 174 Å². The summed E-state index contributed by atoms with van der Waals surface area (Å²) in [5, 5.41) is 21.8. The van der Waals surface area contributed by atoms with Crippen LogP contribution in [0.1, 0.15) is 16.7 Å². The Bertz CT molecular complexity index is 932. The molecule has 0 aliphatic carbocycles. The third-order valence-corrected chi connectivity index (χ3v) is 4.59. The summed E-state index contributed by atoms with van der Waals surface area (Å²) >= 11 is 0. The number of para-hydroxylation sites is 1. The Kier molecular flexibility index (Phi) is 7.85. The van der Waals surface area contributed by atoms with Gasteiger partial charge >= 0.3 is 7.12 Å². The van der Waals surface area contributed by atoms with Gasteiger partial charge in [0.05, 0.1) is 5.94 Å². The van der Waals surface area contributed by atoms with Gasteiger partial charge in [0.1, 0.15) is 23.9 Å². The van der Waals surface area contributed by atoms with Gasteiger partial charge in [0.15, 0.2) is 0 Å². The van der Waals surface area contributed by atoms with E-state index in [4.69, 9.17) is 0 Å². The molecule has 0 aliphatic heterocycles. The van der Waals surface area contributed by atoms with Gasteiger partial charge in [0.25, 0.3) is 5.91 Å². The lowest BCUT2D eigenvalue weighted by Gasteiger charge is -2.24. The van der Waals surface area contributed by atoms with Crippen LogP contribution in [0.15, 0.2) is 49.1 Å². The maximum Gasteiger partial charge on any atom is 0.475 e. The number of hydrogen-bond donors (Lipinski definition) is 3. The number of benzene rings is 2. The molecule has 9 heteroatoms. The van der Waals surface area contributed by atoms with Crippen molar-refractivity contribution in [1.82, 2.24) is 5.32 Å². The van der Waals surface area contributed by atoms with E-state index < -0.39 is 48.7 Å². The topological polar surface area (TPSA) is 89.9 Å². The molecule has 158 valence electrons. The summed E-state index contributed by atoms with van der Waals surface area (Å²) in [6.45, 7) is 6.33. The zero-order valence-corrected chi connectivity index (χ0v) is 16.7. The first-order valence-corrected chi connectivity index (χ1v) is 9.23. The number of halogens is 2. The van der Waals surface area contributed by atoms with Crippen molar-refractivity contribution in [1.29, 1.82) is 0 Å². The lowest BCUT2D eigenvalue weighted by molar-refractivity contribution is -0.122. The van der Waals surface area contributed by atoms with Crippen LogP contribution >= 0.6 is 0 Å². The van der Waals surface area contributed by atoms with Gasteiger partial charge in [-0.15, -0.1) is 0 Å². The second-order valence-corrected chi connectivity index (χ2v) is 6.92. The number of hydrogen-bond acceptors (Lipinski definition) is 4. The van der Waals surface area contributed by atoms with Crippen molar-refractivity contribution in [3.05, 3.63) is 77.4 Å². The number of carbonyl (C=O) groups is 2. The largest absolute Gasteiger partial charge is 0.475 e. The first kappa shape index (κ1) is 23.2. The fraction of sp³-hybridized carbons (Fsp3) is 0.238. The Balaban J connectivity index is 2.21. The summed E-state index contributed by atoms with van der Waals surface area (Å²) in [7, 11) is -1.89. The smallest absolute Gasteiger partial charge is 0.426 e. The number of nitrogens with zero attached hydrogens (tertiary/aromatic N) is 1. The van der Waals surface area contributed by atoms with Crippen LogP contribution in [0.2, 0.25) is 0 Å². The zero-order chi connectivity index (χ0) is 22.4. The minimum absolute atomic E-state index is 0.110. The maximum absolute atomic E-state index is 14.1. The minimum atomic E-state index is -1.89. The number of rotatable bonds is 8. The van der Waals surface area contributed by atoms with Gasteiger partial charge in [0.2, 0.25) is 5.91 Å². The van der Waals surface area contributed by atoms with Crippen LogP contribution in [0, 0.1) is 25.5 Å². The highest BCUT2D eigenvalue weighted by Crippen LogP contribution is 2.23. The monoisotopic (exact) mass is 416 g/mol. The summed E-state index contributed by atoms with van der Waals surface area (Å²) in [6, 6.07) is 8.64. The zero-order valence-electron chi connectivity index (χ0n) is 16.7. The van der Waals surface area contributed by atoms with E-state index in [2.05, 4.69) is 11.9 Å². The van der Waals surface area contributed by atoms with E-state index in [1.54, 1.807) is 0 Å². The first-order valence-electron chi connectivity index (χ1n) is 9.23. The number of carbonyl (C=O) groups excluding carboxylic acids is 2. The molecule has 0 spiro atoms. The maximum atomic E-state index is 14.1. The van der Waals surface area contributed by atoms with Crippen molar-refractivity contribution in [2.45, 2.75) is 26.2 Å². The first-order chi connectivity index (χ1) is 14.1. The van der Waals surface area contributed by atoms with Crippen LogP contribution in [0.5, 0.6) is 0 Å². The van der Waals surface area contributed by atoms with E-state index in [1.807, 2.05) is 32.0 Å². The molecule has 2 aromatic carbocycles. The standard InChI is InChI=1S/C21H23BF2N2O4/c1-4-20(28)26(21-16(23)6-5-7-17(21)24)12-19(27)25-18(22(29)30)11-15-9-8-13(2)10-14(15)3/h4-10,18,29-30H,1,11-12H2,2-3H3,(H,25,27). The summed E-state index contributed by atoms with van der Waals surface area (Å²) in [6.07, 6.45) is 0.937. The molecule has 0 heterocycles. The molecular formula is C21H23BF2N2O4. The highest BCUT2D eigenvalue weighted by molar-refractivity contribution is 6.43. The molecule has 0 radical (unpaired) electrons. The average molecular weight is 416 g/mol. The van der Waals surface area contributed by atoms with Crippen molar-refractivity contribution in [2.75, 3.05) is 11.4 Å². The van der Waals surface area contributed by atoms with Crippen molar-refractivity contribution in [2.24, 2.45) is 0 Å². The number of amides is 2. The third-order valence-electron chi connectivity index (χ3n) is 4.59. The van der Waals surface area contributed by atoms with Crippen molar-refractivity contribution in [3.8, 4) is 0 Å². The Morgan fingerprint density at radius 3 is 2.37 bits per heavy atom. The van der Waals surface area contributed by atoms with Crippen LogP contribution in [-0.2, 0) is 16.0 Å². The molecule has 0 saturated carbocycles. The SMILES string of the molecule is C=CC(=O)N(CC(=O)NC(Cc1ccc(C)cc1C)B(O)O)c1c(F)cccc1F. The summed E-state index contributed by atoms with van der Waals surface area (Å²) in [4.78, 5) is 25.2. The van der Waals surface area contributed by atoms with Crippen LogP contribution in [0.4, 0.5) is 14.5 Å². The quantitative estimate of drug-likeness (QED) is 0.453. The van der Waals surface area contributed by atoms with E-state index in [0.717, 1.165) is 41.0 Å². The van der Waals surface area contributed by atoms with E-state index in [-0.39, 0.29) is 6.42 Å². The summed E-state index contributed by atoms with van der Waals surface area (Å²) < 4.78 is 28.2. The van der Waals surface area contributed by atoms with Crippen molar-refractivity contribution in [3.63, 3.8) is 0 Å². The van der Waals surface area contributed by atoms with Crippen LogP contribution in [-0.4, -0.2) is 41.5 Å². The van der Waals surface area contributed by atoms with Crippen molar-refractivity contribution < 1.29 is 28.4 Å². The Morgan fingerprint density at radius 2 is 1.83 bits per heavy atom. The molecule has 30 heavy (non-hydrogen) atoms. The molecule has 0 fully saturated rings. The van der Waals surface area contributed by atoms with E-state index in [0.29, 0.717) is 4.90 Å². The predicted molar refractivity (Wildman–Crippen MR) is 111 cm³/mol. The predicted octanol–water partition coefficient (Wildman–Crippen LogP) is 1.84. The molecule has 1 unspecified atom stereocenters. The van der Waals surface area contributed by atoms with Gasteiger partial charge in [-0.25, -0.2) is 8.78 Å². The fourth-order valence-electron chi connectivity index (χ4n) is 3.06. The van der Waals surface area contributed by atoms with Gasteiger partial charge in [-0.1, -0.05) is 36.4 Å². The molecule has 0 bridgehead atoms. The van der Waals surface area contributed by atoms with Crippen LogP contribution in [0.25, 0.3) is 0 Å². The third kappa shape index (κ3) is 5.74. The number of anilines is 1. The second-order valence-electron chi connectivity index (χ2n) is 6.92. The molecule has 3 N–H and O–H groups in total. The van der Waals surface area contributed by atoms with Gasteiger partial charge in [-0.2, -0.15) is 0 Å². The van der Waals surface area contributed by atoms with Gasteiger partial charge in [-0.05, 0) is 49.6 Å². The minimum Gasteiger partial charge on any atom is -0.426 e. The normalized spacial score (nSPS) is 11.5. The molecule has 2 amide bonds. The fourth-order valence-corrected chi connectivity index (χ4v) is 3.06. The molecule has 0 aliphatic rings. The molecule has 2 aromatic rings. The highest BCUT2D eigenvalue weighted by atomic mass is 19.1. The number of nitrogens with one attached hydrogen (secondary N) is 1. The molecule has 0 saturated heterocycles. The second kappa shape index (κ2) is 10.1. The van der Waals surface area contributed by atoms with E-state index in [9.17, 15) is 28.4 Å². The molecule has 2 rings (SSSR count). The Morgan fingerprint density at radius 1 is 1.20 bits per heavy atom. The van der Waals surface area contributed by atoms with Gasteiger partial charge in [0, 0.05) is 0 Å². The van der Waals surface area contributed by atoms with Gasteiger partial charge in [-0.3, -0.25) is 14.5 Å². The number of aryl methyl sites for hydroxylation is 2. The van der Waals surface area contributed by atoms with Crippen LogP contribution in [0.3, 0.4) is 0 Å². The summed E-state index contributed by atoms with van der Waals surface area (Å²) in [5.74, 6) is -4.84. The molecule has 6 nitrogen and oxygen atoms in total. The van der Waals surface area contributed by atoms with Crippen molar-refractivity contribution >= 4 is 24.6 Å². The molecular weight excluding hydrogens is 393 g/mol.